The van der Waals surface area contributed by atoms with Crippen molar-refractivity contribution in [2.24, 2.45) is 0 Å². The fourth-order valence-corrected chi connectivity index (χ4v) is 3.75. The molecule has 0 saturated carbocycles. The minimum atomic E-state index is -0.507. The Kier molecular flexibility index (Phi) is 4.80. The molecule has 22 heavy (non-hydrogen) atoms. The smallest absolute Gasteiger partial charge is 0.410 e. The first-order valence-electron chi connectivity index (χ1n) is 7.41. The van der Waals surface area contributed by atoms with Gasteiger partial charge in [-0.15, -0.1) is 11.3 Å². The third-order valence-corrected chi connectivity index (χ3v) is 4.70. The number of aryl methyl sites for hydroxylation is 1. The van der Waals surface area contributed by atoms with E-state index in [1.807, 2.05) is 33.8 Å². The van der Waals surface area contributed by atoms with E-state index < -0.39 is 5.60 Å². The van der Waals surface area contributed by atoms with Crippen LogP contribution in [0.1, 0.15) is 59.8 Å². The minimum Gasteiger partial charge on any atom is -0.465 e. The Morgan fingerprint density at radius 1 is 1.36 bits per heavy atom. The fourth-order valence-electron chi connectivity index (χ4n) is 2.58. The summed E-state index contributed by atoms with van der Waals surface area (Å²) < 4.78 is 10.3. The fraction of sp³-hybridized carbons (Fsp3) is 0.625. The molecule has 2 heterocycles. The van der Waals surface area contributed by atoms with Crippen LogP contribution in [-0.4, -0.2) is 36.2 Å². The van der Waals surface area contributed by atoms with Gasteiger partial charge in [0.05, 0.1) is 18.7 Å². The summed E-state index contributed by atoms with van der Waals surface area (Å²) in [5.74, 6) is -0.332. The number of likely N-dealkylation sites (tertiary alicyclic amines) is 1. The molecule has 1 aliphatic heterocycles. The second-order valence-electron chi connectivity index (χ2n) is 6.44. The molecule has 2 rings (SSSR count). The van der Waals surface area contributed by atoms with Crippen LogP contribution < -0.4 is 0 Å². The van der Waals surface area contributed by atoms with E-state index in [0.29, 0.717) is 12.1 Å². The molecule has 0 bridgehead atoms. The van der Waals surface area contributed by atoms with Crippen LogP contribution in [-0.2, 0) is 9.47 Å². The highest BCUT2D eigenvalue weighted by atomic mass is 32.1. The molecule has 0 radical (unpaired) electrons. The Bertz CT molecular complexity index is 573. The Labute approximate surface area is 135 Å². The van der Waals surface area contributed by atoms with Crippen LogP contribution in [0.2, 0.25) is 0 Å². The maximum Gasteiger partial charge on any atom is 0.410 e. The molecule has 1 saturated heterocycles. The van der Waals surface area contributed by atoms with Crippen LogP contribution in [0.15, 0.2) is 6.07 Å². The summed E-state index contributed by atoms with van der Waals surface area (Å²) in [4.78, 5) is 27.8. The number of rotatable bonds is 2. The molecule has 1 amide bonds. The zero-order chi connectivity index (χ0) is 16.5. The molecule has 1 atom stereocenters. The molecule has 0 N–H and O–H groups in total. The molecule has 1 unspecified atom stereocenters. The summed E-state index contributed by atoms with van der Waals surface area (Å²) >= 11 is 1.54. The van der Waals surface area contributed by atoms with Gasteiger partial charge >= 0.3 is 12.1 Å². The third kappa shape index (κ3) is 3.61. The van der Waals surface area contributed by atoms with Crippen LogP contribution >= 0.6 is 11.3 Å². The lowest BCUT2D eigenvalue weighted by molar-refractivity contribution is 0.0227. The molecular formula is C16H23NO4S. The number of nitrogens with zero attached hydrogens (tertiary/aromatic N) is 1. The van der Waals surface area contributed by atoms with E-state index in [9.17, 15) is 9.59 Å². The number of hydrogen-bond acceptors (Lipinski definition) is 5. The van der Waals surface area contributed by atoms with Crippen LogP contribution in [0.4, 0.5) is 4.79 Å². The van der Waals surface area contributed by atoms with E-state index in [1.165, 1.54) is 7.11 Å². The van der Waals surface area contributed by atoms with E-state index in [2.05, 4.69) is 0 Å². The summed E-state index contributed by atoms with van der Waals surface area (Å²) in [7, 11) is 1.38. The van der Waals surface area contributed by atoms with Crippen molar-refractivity contribution in [3.05, 3.63) is 21.4 Å². The van der Waals surface area contributed by atoms with Crippen LogP contribution in [0.5, 0.6) is 0 Å². The average molecular weight is 325 g/mol. The number of thiophene rings is 1. The van der Waals surface area contributed by atoms with Crippen molar-refractivity contribution >= 4 is 23.4 Å². The van der Waals surface area contributed by atoms with E-state index >= 15 is 0 Å². The monoisotopic (exact) mass is 325 g/mol. The molecule has 0 aromatic carbocycles. The van der Waals surface area contributed by atoms with Gasteiger partial charge in [0, 0.05) is 16.3 Å². The molecule has 122 valence electrons. The lowest BCUT2D eigenvalue weighted by Gasteiger charge is -2.28. The van der Waals surface area contributed by atoms with Crippen molar-refractivity contribution in [1.82, 2.24) is 4.90 Å². The molecule has 1 aliphatic rings. The Morgan fingerprint density at radius 3 is 2.64 bits per heavy atom. The highest BCUT2D eigenvalue weighted by Crippen LogP contribution is 2.38. The number of hydrogen-bond donors (Lipinski definition) is 0. The van der Waals surface area contributed by atoms with Gasteiger partial charge in [-0.3, -0.25) is 0 Å². The second kappa shape index (κ2) is 6.28. The summed E-state index contributed by atoms with van der Waals surface area (Å²) in [5.41, 5.74) is 0.0748. The Hall–Kier alpha value is -1.56. The molecule has 1 aromatic rings. The van der Waals surface area contributed by atoms with Crippen molar-refractivity contribution in [2.75, 3.05) is 13.7 Å². The number of methoxy groups -OCH3 is 1. The predicted octanol–water partition coefficient (Wildman–Crippen LogP) is 3.92. The summed E-state index contributed by atoms with van der Waals surface area (Å²) in [5, 5.41) is 0. The van der Waals surface area contributed by atoms with E-state index in [4.69, 9.17) is 9.47 Å². The normalized spacial score (nSPS) is 18.4. The lowest BCUT2D eigenvalue weighted by atomic mass is 10.1. The second-order valence-corrected chi connectivity index (χ2v) is 7.73. The minimum absolute atomic E-state index is 0.0167. The largest absolute Gasteiger partial charge is 0.465 e. The topological polar surface area (TPSA) is 55.8 Å². The maximum absolute atomic E-state index is 12.3. The summed E-state index contributed by atoms with van der Waals surface area (Å²) in [6.07, 6.45) is 1.54. The number of carbonyl (C=O) groups is 2. The number of esters is 1. The van der Waals surface area contributed by atoms with Gasteiger partial charge in [0.1, 0.15) is 5.60 Å². The first kappa shape index (κ1) is 16.8. The van der Waals surface area contributed by atoms with Gasteiger partial charge in [0.15, 0.2) is 0 Å². The third-order valence-electron chi connectivity index (χ3n) is 3.55. The SMILES string of the molecule is COC(=O)c1cc(C2CCCN2C(=O)OC(C)(C)C)sc1C. The first-order valence-corrected chi connectivity index (χ1v) is 8.23. The van der Waals surface area contributed by atoms with Gasteiger partial charge < -0.3 is 14.4 Å². The zero-order valence-corrected chi connectivity index (χ0v) is 14.6. The van der Waals surface area contributed by atoms with Gasteiger partial charge in [-0.1, -0.05) is 0 Å². The lowest BCUT2D eigenvalue weighted by Crippen LogP contribution is -2.36. The highest BCUT2D eigenvalue weighted by molar-refractivity contribution is 7.12. The van der Waals surface area contributed by atoms with Crippen molar-refractivity contribution in [2.45, 2.75) is 52.2 Å². The van der Waals surface area contributed by atoms with Gasteiger partial charge in [-0.25, -0.2) is 9.59 Å². The van der Waals surface area contributed by atoms with Crippen molar-refractivity contribution < 1.29 is 19.1 Å². The molecule has 5 nitrogen and oxygen atoms in total. The van der Waals surface area contributed by atoms with Crippen molar-refractivity contribution in [3.8, 4) is 0 Å². The maximum atomic E-state index is 12.3. The molecule has 1 fully saturated rings. The number of ether oxygens (including phenoxy) is 2. The molecule has 0 aliphatic carbocycles. The standard InChI is InChI=1S/C16H23NO4S/c1-10-11(14(18)20-5)9-13(22-10)12-7-6-8-17(12)15(19)21-16(2,3)4/h9,12H,6-8H2,1-5H3. The highest BCUT2D eigenvalue weighted by Gasteiger charge is 2.34. The van der Waals surface area contributed by atoms with Crippen molar-refractivity contribution in [1.29, 1.82) is 0 Å². The Balaban J connectivity index is 2.21. The molecule has 6 heteroatoms. The number of amides is 1. The average Bonchev–Trinajstić information content (AvgIpc) is 3.01. The van der Waals surface area contributed by atoms with Crippen molar-refractivity contribution in [3.63, 3.8) is 0 Å². The molecular weight excluding hydrogens is 302 g/mol. The van der Waals surface area contributed by atoms with E-state index in [1.54, 1.807) is 16.2 Å². The van der Waals surface area contributed by atoms with Crippen LogP contribution in [0.3, 0.4) is 0 Å². The molecule has 1 aromatic heterocycles. The van der Waals surface area contributed by atoms with Gasteiger partial charge in [0.25, 0.3) is 0 Å². The summed E-state index contributed by atoms with van der Waals surface area (Å²) in [6, 6.07) is 1.83. The van der Waals surface area contributed by atoms with Gasteiger partial charge in [0.2, 0.25) is 0 Å². The van der Waals surface area contributed by atoms with Gasteiger partial charge in [-0.05, 0) is 46.6 Å². The zero-order valence-electron chi connectivity index (χ0n) is 13.8. The van der Waals surface area contributed by atoms with E-state index in [0.717, 1.165) is 22.6 Å². The van der Waals surface area contributed by atoms with E-state index in [-0.39, 0.29) is 18.1 Å². The Morgan fingerprint density at radius 2 is 2.05 bits per heavy atom. The van der Waals surface area contributed by atoms with Crippen LogP contribution in [0.25, 0.3) is 0 Å². The van der Waals surface area contributed by atoms with Gasteiger partial charge in [-0.2, -0.15) is 0 Å². The number of carbonyl (C=O) groups excluding carboxylic acids is 2. The summed E-state index contributed by atoms with van der Waals surface area (Å²) in [6.45, 7) is 8.17. The molecule has 0 spiro atoms. The quantitative estimate of drug-likeness (QED) is 0.774. The first-order chi connectivity index (χ1) is 10.2. The van der Waals surface area contributed by atoms with Crippen LogP contribution in [0, 0.1) is 6.92 Å². The predicted molar refractivity (Wildman–Crippen MR) is 85.3 cm³/mol.